The van der Waals surface area contributed by atoms with Gasteiger partial charge in [0.05, 0.1) is 15.4 Å². The van der Waals surface area contributed by atoms with Gasteiger partial charge < -0.3 is 4.74 Å². The lowest BCUT2D eigenvalue weighted by Gasteiger charge is -2.17. The average Bonchev–Trinajstić information content (AvgIpc) is 2.93. The second kappa shape index (κ2) is 5.42. The number of carbonyl (C=O) groups is 1. The first kappa shape index (κ1) is 12.8. The van der Waals surface area contributed by atoms with Gasteiger partial charge in [-0.3, -0.25) is 4.90 Å². The molecule has 20 heavy (non-hydrogen) atoms. The van der Waals surface area contributed by atoms with Gasteiger partial charge in [0.25, 0.3) is 0 Å². The molecule has 1 amide bonds. The molecule has 1 aromatic heterocycles. The number of fused-ring (bicyclic) bond motifs is 1. The molecule has 1 aliphatic heterocycles. The van der Waals surface area contributed by atoms with E-state index in [-0.39, 0.29) is 12.4 Å². The molecule has 0 saturated carbocycles. The molecular weight excluding hydrogens is 279 g/mol. The van der Waals surface area contributed by atoms with Crippen molar-refractivity contribution in [3.8, 4) is 0 Å². The third kappa shape index (κ3) is 2.55. The van der Waals surface area contributed by atoms with Crippen LogP contribution in [0.25, 0.3) is 12.3 Å². The smallest absolute Gasteiger partial charge is 0.414 e. The molecule has 0 bridgehead atoms. The Morgan fingerprint density at radius 3 is 3.15 bits per heavy atom. The van der Waals surface area contributed by atoms with Crippen LogP contribution in [-0.2, 0) is 11.3 Å². The fourth-order valence-electron chi connectivity index (χ4n) is 1.86. The molecule has 6 heteroatoms. The molecule has 0 aliphatic carbocycles. The number of rotatable bonds is 2. The van der Waals surface area contributed by atoms with Crippen LogP contribution in [0.4, 0.5) is 9.18 Å². The van der Waals surface area contributed by atoms with E-state index in [0.29, 0.717) is 12.1 Å². The number of amides is 1. The lowest BCUT2D eigenvalue weighted by molar-refractivity contribution is 0.117. The van der Waals surface area contributed by atoms with E-state index >= 15 is 0 Å². The molecule has 2 heterocycles. The summed E-state index contributed by atoms with van der Waals surface area (Å²) in [5, 5.41) is 0.883. The summed E-state index contributed by atoms with van der Waals surface area (Å²) < 4.78 is 19.4. The van der Waals surface area contributed by atoms with Crippen molar-refractivity contribution in [1.82, 2.24) is 9.88 Å². The quantitative estimate of drug-likeness (QED) is 0.841. The van der Waals surface area contributed by atoms with E-state index in [0.717, 1.165) is 9.88 Å². The van der Waals surface area contributed by atoms with Crippen molar-refractivity contribution in [3.63, 3.8) is 0 Å². The zero-order chi connectivity index (χ0) is 13.9. The molecule has 1 aliphatic rings. The van der Waals surface area contributed by atoms with Crippen molar-refractivity contribution >= 4 is 29.7 Å². The van der Waals surface area contributed by atoms with E-state index in [1.165, 1.54) is 22.3 Å². The number of halogens is 1. The van der Waals surface area contributed by atoms with E-state index in [1.54, 1.807) is 29.9 Å². The molecule has 2 aromatic rings. The zero-order valence-electron chi connectivity index (χ0n) is 10.5. The molecule has 0 saturated heterocycles. The summed E-state index contributed by atoms with van der Waals surface area (Å²) >= 11 is 1.46. The summed E-state index contributed by atoms with van der Waals surface area (Å²) in [6.07, 6.45) is 3.07. The molecule has 0 radical (unpaired) electrons. The van der Waals surface area contributed by atoms with Gasteiger partial charge in [0, 0.05) is 18.3 Å². The van der Waals surface area contributed by atoms with Gasteiger partial charge in [-0.15, -0.1) is 11.3 Å². The number of ether oxygens (including phenoxy) is 1. The van der Waals surface area contributed by atoms with E-state index in [4.69, 9.17) is 4.74 Å². The number of carbonyl (C=O) groups excluding carboxylic acids is 1. The van der Waals surface area contributed by atoms with Gasteiger partial charge in [-0.1, -0.05) is 18.2 Å². The van der Waals surface area contributed by atoms with Gasteiger partial charge >= 0.3 is 6.09 Å². The Balaban J connectivity index is 1.68. The lowest BCUT2D eigenvalue weighted by atomic mass is 10.2. The Labute approximate surface area is 118 Å². The maximum atomic E-state index is 13.4. The highest BCUT2D eigenvalue weighted by molar-refractivity contribution is 7.07. The van der Waals surface area contributed by atoms with Crippen LogP contribution in [0.1, 0.15) is 5.56 Å². The largest absolute Gasteiger partial charge is 0.444 e. The minimum Gasteiger partial charge on any atom is -0.444 e. The van der Waals surface area contributed by atoms with Gasteiger partial charge in [0.15, 0.2) is 0 Å². The summed E-state index contributed by atoms with van der Waals surface area (Å²) in [5.41, 5.74) is 2.09. The molecule has 102 valence electrons. The Bertz CT molecular complexity index is 757. The number of hydrogen-bond donors (Lipinski definition) is 0. The highest BCUT2D eigenvalue weighted by atomic mass is 32.1. The molecule has 4 nitrogen and oxygen atoms in total. The van der Waals surface area contributed by atoms with E-state index in [9.17, 15) is 9.18 Å². The van der Waals surface area contributed by atoms with Crippen LogP contribution in [-0.4, -0.2) is 22.5 Å². The van der Waals surface area contributed by atoms with Gasteiger partial charge in [-0.25, -0.2) is 14.2 Å². The summed E-state index contributed by atoms with van der Waals surface area (Å²) in [6, 6.07) is 6.24. The van der Waals surface area contributed by atoms with Crippen molar-refractivity contribution in [3.05, 3.63) is 51.0 Å². The second-order valence-electron chi connectivity index (χ2n) is 4.23. The maximum Gasteiger partial charge on any atom is 0.414 e. The summed E-state index contributed by atoms with van der Waals surface area (Å²) in [6.45, 7) is 0.332. The van der Waals surface area contributed by atoms with Gasteiger partial charge in [0.1, 0.15) is 12.4 Å². The predicted octanol–water partition coefficient (Wildman–Crippen LogP) is 1.45. The third-order valence-electron chi connectivity index (χ3n) is 2.92. The predicted molar refractivity (Wildman–Crippen MR) is 73.6 cm³/mol. The highest BCUT2D eigenvalue weighted by Crippen LogP contribution is 2.09. The molecule has 0 spiro atoms. The van der Waals surface area contributed by atoms with Crippen LogP contribution < -0.4 is 9.88 Å². The first-order valence-electron chi connectivity index (χ1n) is 6.02. The molecule has 0 fully saturated rings. The fraction of sp³-hybridized carbons (Fsp3) is 0.143. The zero-order valence-corrected chi connectivity index (χ0v) is 11.3. The number of nitrogens with zero attached hydrogens (tertiary/aromatic N) is 2. The number of aromatic nitrogens is 1. The third-order valence-corrected chi connectivity index (χ3v) is 3.70. The van der Waals surface area contributed by atoms with Crippen molar-refractivity contribution in [2.75, 3.05) is 6.54 Å². The van der Waals surface area contributed by atoms with Crippen LogP contribution >= 0.6 is 11.3 Å². The van der Waals surface area contributed by atoms with Crippen molar-refractivity contribution in [1.29, 1.82) is 0 Å². The monoisotopic (exact) mass is 290 g/mol. The topological polar surface area (TPSA) is 42.4 Å². The average molecular weight is 290 g/mol. The minimum absolute atomic E-state index is 0.0780. The van der Waals surface area contributed by atoms with Gasteiger partial charge in [0.2, 0.25) is 0 Å². The molecule has 0 atom stereocenters. The normalized spacial score (nSPS) is 13.2. The van der Waals surface area contributed by atoms with Crippen molar-refractivity contribution < 1.29 is 13.9 Å². The van der Waals surface area contributed by atoms with E-state index in [1.807, 2.05) is 6.08 Å². The minimum atomic E-state index is -0.497. The standard InChI is InChI=1S/C14H11FN2O2S/c15-11-4-2-1-3-10(11)8-19-14(18)17-6-5-12-13(7-17)20-9-16-12/h1-5,7,9H,6,8H2. The van der Waals surface area contributed by atoms with Crippen LogP contribution in [0.2, 0.25) is 0 Å². The number of hydrogen-bond acceptors (Lipinski definition) is 4. The summed E-state index contributed by atoms with van der Waals surface area (Å²) in [7, 11) is 0. The number of thiazole rings is 1. The Morgan fingerprint density at radius 2 is 2.30 bits per heavy atom. The molecule has 0 unspecified atom stereocenters. The lowest BCUT2D eigenvalue weighted by Crippen LogP contribution is -2.37. The van der Waals surface area contributed by atoms with E-state index < -0.39 is 6.09 Å². The van der Waals surface area contributed by atoms with E-state index in [2.05, 4.69) is 4.98 Å². The molecule has 0 N–H and O–H groups in total. The molecule has 3 rings (SSSR count). The van der Waals surface area contributed by atoms with Gasteiger partial charge in [-0.2, -0.15) is 0 Å². The maximum absolute atomic E-state index is 13.4. The first-order valence-corrected chi connectivity index (χ1v) is 6.90. The van der Waals surface area contributed by atoms with Crippen molar-refractivity contribution in [2.24, 2.45) is 0 Å². The number of benzene rings is 1. The Kier molecular flexibility index (Phi) is 3.47. The van der Waals surface area contributed by atoms with Gasteiger partial charge in [-0.05, 0) is 12.1 Å². The Morgan fingerprint density at radius 1 is 1.45 bits per heavy atom. The van der Waals surface area contributed by atoms with Crippen LogP contribution in [0.5, 0.6) is 0 Å². The summed E-state index contributed by atoms with van der Waals surface area (Å²) in [4.78, 5) is 17.5. The highest BCUT2D eigenvalue weighted by Gasteiger charge is 2.15. The molecule has 1 aromatic carbocycles. The van der Waals surface area contributed by atoms with Crippen molar-refractivity contribution in [2.45, 2.75) is 6.61 Å². The summed E-state index contributed by atoms with van der Waals surface area (Å²) in [5.74, 6) is -0.376. The van der Waals surface area contributed by atoms with Crippen LogP contribution in [0, 0.1) is 5.82 Å². The second-order valence-corrected chi connectivity index (χ2v) is 5.12. The van der Waals surface area contributed by atoms with Crippen LogP contribution in [0.3, 0.4) is 0 Å². The fourth-order valence-corrected chi connectivity index (χ4v) is 2.58. The SMILES string of the molecule is O=C(OCc1ccccc1F)N1C=c2scnc2=CC1. The van der Waals surface area contributed by atoms with Crippen LogP contribution in [0.15, 0.2) is 29.8 Å². The first-order chi connectivity index (χ1) is 9.74. The Hall–Kier alpha value is -2.21. The molecular formula is C14H11FN2O2S.